The first kappa shape index (κ1) is 11.5. The first-order valence-electron chi connectivity index (χ1n) is 5.03. The summed E-state index contributed by atoms with van der Waals surface area (Å²) in [5, 5.41) is 16.3. The number of aromatic nitrogens is 2. The van der Waals surface area contributed by atoms with Crippen molar-refractivity contribution in [2.24, 2.45) is 0 Å². The van der Waals surface area contributed by atoms with Gasteiger partial charge >= 0.3 is 0 Å². The van der Waals surface area contributed by atoms with Crippen LogP contribution in [0, 0.1) is 12.1 Å². The summed E-state index contributed by atoms with van der Waals surface area (Å²) >= 11 is 1.51. The second kappa shape index (κ2) is 4.92. The zero-order valence-corrected chi connectivity index (χ0v) is 10.0. The molecule has 0 radical (unpaired) electrons. The number of carbonyl (C=O) groups excluding carboxylic acids is 1. The van der Waals surface area contributed by atoms with Crippen molar-refractivity contribution in [3.8, 4) is 0 Å². The maximum absolute atomic E-state index is 11.7. The highest BCUT2D eigenvalue weighted by Crippen LogP contribution is 2.08. The summed E-state index contributed by atoms with van der Waals surface area (Å²) in [7, 11) is 0. The first-order valence-corrected chi connectivity index (χ1v) is 5.91. The van der Waals surface area contributed by atoms with Crippen molar-refractivity contribution in [2.75, 3.05) is 0 Å². The van der Waals surface area contributed by atoms with Gasteiger partial charge in [0.05, 0.1) is 12.1 Å². The van der Waals surface area contributed by atoms with Crippen LogP contribution in [0.2, 0.25) is 0 Å². The van der Waals surface area contributed by atoms with E-state index in [9.17, 15) is 10.0 Å². The molecule has 6 heteroatoms. The Morgan fingerprint density at radius 1 is 1.53 bits per heavy atom. The molecule has 1 N–H and O–H groups in total. The molecular formula is C11H11N3O2S. The van der Waals surface area contributed by atoms with Crippen LogP contribution in [-0.2, 0) is 6.54 Å². The van der Waals surface area contributed by atoms with Gasteiger partial charge in [-0.2, -0.15) is 4.73 Å². The molecule has 17 heavy (non-hydrogen) atoms. The van der Waals surface area contributed by atoms with E-state index in [4.69, 9.17) is 0 Å². The lowest BCUT2D eigenvalue weighted by molar-refractivity contribution is -0.605. The van der Waals surface area contributed by atoms with Crippen LogP contribution in [0.1, 0.15) is 21.1 Å². The first-order chi connectivity index (χ1) is 8.15. The molecule has 0 atom stereocenters. The predicted octanol–water partition coefficient (Wildman–Crippen LogP) is 1.01. The Hall–Kier alpha value is -1.95. The average Bonchev–Trinajstić information content (AvgIpc) is 2.73. The minimum atomic E-state index is -0.210. The van der Waals surface area contributed by atoms with Gasteiger partial charge in [0, 0.05) is 23.2 Å². The van der Waals surface area contributed by atoms with E-state index in [-0.39, 0.29) is 5.91 Å². The van der Waals surface area contributed by atoms with Gasteiger partial charge in [0.15, 0.2) is 12.4 Å². The number of amides is 1. The zero-order valence-electron chi connectivity index (χ0n) is 9.21. The quantitative estimate of drug-likeness (QED) is 0.652. The van der Waals surface area contributed by atoms with Gasteiger partial charge in [0.2, 0.25) is 0 Å². The number of rotatable bonds is 3. The molecule has 0 aliphatic carbocycles. The van der Waals surface area contributed by atoms with Crippen molar-refractivity contribution >= 4 is 17.2 Å². The molecular weight excluding hydrogens is 238 g/mol. The van der Waals surface area contributed by atoms with Crippen molar-refractivity contribution in [3.63, 3.8) is 0 Å². The third kappa shape index (κ3) is 3.01. The fraction of sp³-hybridized carbons (Fsp3) is 0.182. The van der Waals surface area contributed by atoms with E-state index in [2.05, 4.69) is 10.3 Å². The number of hydrogen-bond acceptors (Lipinski definition) is 4. The number of nitrogens with one attached hydrogen (secondary N) is 1. The van der Waals surface area contributed by atoms with E-state index in [1.54, 1.807) is 0 Å². The SMILES string of the molecule is Cc1csc(CNC(=O)c2cc[n+]([O-])cc2)n1. The van der Waals surface area contributed by atoms with Crippen molar-refractivity contribution < 1.29 is 9.52 Å². The third-order valence-corrected chi connectivity index (χ3v) is 3.10. The van der Waals surface area contributed by atoms with Gasteiger partial charge in [-0.05, 0) is 6.92 Å². The number of carbonyl (C=O) groups is 1. The Morgan fingerprint density at radius 2 is 2.24 bits per heavy atom. The van der Waals surface area contributed by atoms with Crippen LogP contribution in [0.25, 0.3) is 0 Å². The highest BCUT2D eigenvalue weighted by molar-refractivity contribution is 7.09. The standard InChI is InChI=1S/C11H11N3O2S/c1-8-7-17-10(13-8)6-12-11(15)9-2-4-14(16)5-3-9/h2-5,7H,6H2,1H3,(H,12,15). The fourth-order valence-corrected chi connectivity index (χ4v) is 2.02. The van der Waals surface area contributed by atoms with Crippen LogP contribution in [0.5, 0.6) is 0 Å². The van der Waals surface area contributed by atoms with Crippen molar-refractivity contribution in [2.45, 2.75) is 13.5 Å². The average molecular weight is 249 g/mol. The number of hydrogen-bond donors (Lipinski definition) is 1. The number of thiazole rings is 1. The van der Waals surface area contributed by atoms with E-state index in [0.29, 0.717) is 16.8 Å². The molecule has 0 bridgehead atoms. The topological polar surface area (TPSA) is 68.9 Å². The normalized spacial score (nSPS) is 10.2. The van der Waals surface area contributed by atoms with Crippen molar-refractivity contribution in [1.82, 2.24) is 10.3 Å². The molecule has 2 heterocycles. The molecule has 0 aliphatic heterocycles. The number of nitrogens with zero attached hydrogens (tertiary/aromatic N) is 2. The van der Waals surface area contributed by atoms with Gasteiger partial charge < -0.3 is 10.5 Å². The number of aryl methyl sites for hydroxylation is 1. The lowest BCUT2D eigenvalue weighted by Crippen LogP contribution is -2.27. The van der Waals surface area contributed by atoms with Crippen molar-refractivity contribution in [3.05, 3.63) is 51.4 Å². The van der Waals surface area contributed by atoms with E-state index >= 15 is 0 Å². The zero-order chi connectivity index (χ0) is 12.3. The second-order valence-electron chi connectivity index (χ2n) is 3.51. The van der Waals surface area contributed by atoms with Gasteiger partial charge in [-0.1, -0.05) is 0 Å². The van der Waals surface area contributed by atoms with E-state index in [1.807, 2.05) is 12.3 Å². The van der Waals surface area contributed by atoms with Crippen LogP contribution in [0.4, 0.5) is 0 Å². The predicted molar refractivity (Wildman–Crippen MR) is 63.4 cm³/mol. The molecule has 2 aromatic rings. The van der Waals surface area contributed by atoms with E-state index in [1.165, 1.54) is 35.9 Å². The van der Waals surface area contributed by atoms with Gasteiger partial charge in [-0.25, -0.2) is 4.98 Å². The maximum Gasteiger partial charge on any atom is 0.252 e. The molecule has 2 aromatic heterocycles. The molecule has 2 rings (SSSR count). The molecule has 1 amide bonds. The van der Waals surface area contributed by atoms with Crippen LogP contribution in [0.15, 0.2) is 29.9 Å². The molecule has 0 aliphatic rings. The Labute approximate surface area is 102 Å². The Balaban J connectivity index is 1.95. The molecule has 0 aromatic carbocycles. The molecule has 0 saturated heterocycles. The molecule has 5 nitrogen and oxygen atoms in total. The highest BCUT2D eigenvalue weighted by atomic mass is 32.1. The van der Waals surface area contributed by atoms with Crippen LogP contribution < -0.4 is 10.0 Å². The monoisotopic (exact) mass is 249 g/mol. The molecule has 0 spiro atoms. The highest BCUT2D eigenvalue weighted by Gasteiger charge is 2.07. The largest absolute Gasteiger partial charge is 0.619 e. The number of pyridine rings is 1. The summed E-state index contributed by atoms with van der Waals surface area (Å²) in [4.78, 5) is 15.9. The fourth-order valence-electron chi connectivity index (χ4n) is 1.31. The minimum absolute atomic E-state index is 0.210. The lowest BCUT2D eigenvalue weighted by Gasteiger charge is -2.02. The van der Waals surface area contributed by atoms with E-state index in [0.717, 1.165) is 10.7 Å². The summed E-state index contributed by atoms with van der Waals surface area (Å²) in [6, 6.07) is 2.96. The van der Waals surface area contributed by atoms with Crippen molar-refractivity contribution in [1.29, 1.82) is 0 Å². The van der Waals surface area contributed by atoms with Crippen LogP contribution >= 0.6 is 11.3 Å². The van der Waals surface area contributed by atoms with E-state index < -0.39 is 0 Å². The molecule has 0 saturated carbocycles. The Bertz CT molecular complexity index is 522. The smallest absolute Gasteiger partial charge is 0.252 e. The van der Waals surface area contributed by atoms with Gasteiger partial charge in [0.25, 0.3) is 5.91 Å². The molecule has 0 unspecified atom stereocenters. The third-order valence-electron chi connectivity index (χ3n) is 2.13. The lowest BCUT2D eigenvalue weighted by atomic mass is 10.2. The Kier molecular flexibility index (Phi) is 3.34. The molecule has 88 valence electrons. The summed E-state index contributed by atoms with van der Waals surface area (Å²) in [5.74, 6) is -0.210. The summed E-state index contributed by atoms with van der Waals surface area (Å²) in [5.41, 5.74) is 1.41. The minimum Gasteiger partial charge on any atom is -0.619 e. The van der Waals surface area contributed by atoms with Crippen LogP contribution in [0.3, 0.4) is 0 Å². The van der Waals surface area contributed by atoms with Gasteiger partial charge in [0.1, 0.15) is 5.01 Å². The molecule has 0 fully saturated rings. The van der Waals surface area contributed by atoms with Gasteiger partial charge in [-0.3, -0.25) is 4.79 Å². The Morgan fingerprint density at radius 3 is 2.82 bits per heavy atom. The maximum atomic E-state index is 11.7. The summed E-state index contributed by atoms with van der Waals surface area (Å²) < 4.78 is 0.640. The summed E-state index contributed by atoms with van der Waals surface area (Å²) in [6.07, 6.45) is 2.59. The summed E-state index contributed by atoms with van der Waals surface area (Å²) in [6.45, 7) is 2.32. The van der Waals surface area contributed by atoms with Gasteiger partial charge in [-0.15, -0.1) is 11.3 Å². The second-order valence-corrected chi connectivity index (χ2v) is 4.45. The van der Waals surface area contributed by atoms with Crippen LogP contribution in [-0.4, -0.2) is 10.9 Å².